The van der Waals surface area contributed by atoms with Crippen molar-refractivity contribution >= 4 is 34.7 Å². The summed E-state index contributed by atoms with van der Waals surface area (Å²) in [6.45, 7) is 6.71. The van der Waals surface area contributed by atoms with Crippen LogP contribution in [0.2, 0.25) is 0 Å². The van der Waals surface area contributed by atoms with Gasteiger partial charge in [-0.3, -0.25) is 4.79 Å². The molecule has 0 radical (unpaired) electrons. The van der Waals surface area contributed by atoms with Gasteiger partial charge in [-0.05, 0) is 33.6 Å². The standard InChI is InChI=1S/C14H22INO4/c1-13(2,3)20-12(18)16-6-4-14(5-7-16)8-10(9-15)19-11(14)17/h10H,4-9H2,1-3H3. The second-order valence-corrected chi connectivity index (χ2v) is 7.51. The Balaban J connectivity index is 1.93. The molecule has 2 aliphatic heterocycles. The molecule has 1 amide bonds. The lowest BCUT2D eigenvalue weighted by Gasteiger charge is -2.37. The molecule has 2 fully saturated rings. The van der Waals surface area contributed by atoms with Crippen LogP contribution < -0.4 is 0 Å². The number of halogens is 1. The summed E-state index contributed by atoms with van der Waals surface area (Å²) in [6, 6.07) is 0. The molecule has 0 aliphatic carbocycles. The van der Waals surface area contributed by atoms with Crippen molar-refractivity contribution in [2.24, 2.45) is 5.41 Å². The number of cyclic esters (lactones) is 1. The maximum Gasteiger partial charge on any atom is 0.410 e. The second-order valence-electron chi connectivity index (χ2n) is 6.63. The SMILES string of the molecule is CC(C)(C)OC(=O)N1CCC2(CC1)CC(CI)OC2=O. The van der Waals surface area contributed by atoms with E-state index in [-0.39, 0.29) is 23.6 Å². The van der Waals surface area contributed by atoms with Crippen LogP contribution in [-0.4, -0.2) is 46.2 Å². The maximum absolute atomic E-state index is 12.1. The molecule has 0 N–H and O–H groups in total. The van der Waals surface area contributed by atoms with Crippen LogP contribution in [0.25, 0.3) is 0 Å². The minimum Gasteiger partial charge on any atom is -0.461 e. The highest BCUT2D eigenvalue weighted by molar-refractivity contribution is 14.1. The van der Waals surface area contributed by atoms with E-state index in [1.165, 1.54) is 0 Å². The fourth-order valence-electron chi connectivity index (χ4n) is 2.78. The zero-order chi connectivity index (χ0) is 15.0. The number of ether oxygens (including phenoxy) is 2. The quantitative estimate of drug-likeness (QED) is 0.389. The van der Waals surface area contributed by atoms with E-state index in [1.54, 1.807) is 4.90 Å². The summed E-state index contributed by atoms with van der Waals surface area (Å²) in [7, 11) is 0. The number of carbonyl (C=O) groups excluding carboxylic acids is 2. The van der Waals surface area contributed by atoms with Crippen LogP contribution in [0.5, 0.6) is 0 Å². The zero-order valence-electron chi connectivity index (χ0n) is 12.3. The van der Waals surface area contributed by atoms with E-state index in [1.807, 2.05) is 20.8 Å². The molecule has 1 unspecified atom stereocenters. The molecule has 0 bridgehead atoms. The van der Waals surface area contributed by atoms with Gasteiger partial charge in [-0.15, -0.1) is 0 Å². The molecule has 6 heteroatoms. The van der Waals surface area contributed by atoms with Crippen LogP contribution in [0.1, 0.15) is 40.0 Å². The van der Waals surface area contributed by atoms with Crippen LogP contribution in [0, 0.1) is 5.41 Å². The van der Waals surface area contributed by atoms with Gasteiger partial charge < -0.3 is 14.4 Å². The predicted octanol–water partition coefficient (Wildman–Crippen LogP) is 2.75. The largest absolute Gasteiger partial charge is 0.461 e. The molecule has 2 saturated heterocycles. The maximum atomic E-state index is 12.1. The summed E-state index contributed by atoms with van der Waals surface area (Å²) < 4.78 is 11.6. The van der Waals surface area contributed by atoms with Gasteiger partial charge in [-0.25, -0.2) is 4.79 Å². The highest BCUT2D eigenvalue weighted by atomic mass is 127. The normalized spacial score (nSPS) is 25.7. The highest BCUT2D eigenvalue weighted by Crippen LogP contribution is 2.43. The molecule has 1 atom stereocenters. The summed E-state index contributed by atoms with van der Waals surface area (Å²) in [4.78, 5) is 25.8. The van der Waals surface area contributed by atoms with Crippen LogP contribution >= 0.6 is 22.6 Å². The first-order valence-corrected chi connectivity index (χ1v) is 8.53. The Kier molecular flexibility index (Phi) is 4.51. The van der Waals surface area contributed by atoms with Gasteiger partial charge in [-0.1, -0.05) is 22.6 Å². The van der Waals surface area contributed by atoms with Crippen molar-refractivity contribution in [2.45, 2.75) is 51.7 Å². The molecule has 0 saturated carbocycles. The molecule has 1 spiro atoms. The van der Waals surface area contributed by atoms with E-state index in [4.69, 9.17) is 9.47 Å². The molecular weight excluding hydrogens is 373 g/mol. The number of rotatable bonds is 1. The number of carbonyl (C=O) groups is 2. The van der Waals surface area contributed by atoms with Crippen LogP contribution in [0.15, 0.2) is 0 Å². The number of amides is 1. The first kappa shape index (κ1) is 15.9. The van der Waals surface area contributed by atoms with Gasteiger partial charge in [0.1, 0.15) is 11.7 Å². The predicted molar refractivity (Wildman–Crippen MR) is 82.9 cm³/mol. The first-order chi connectivity index (χ1) is 9.26. The minimum atomic E-state index is -0.481. The lowest BCUT2D eigenvalue weighted by molar-refractivity contribution is -0.150. The van der Waals surface area contributed by atoms with Crippen molar-refractivity contribution in [1.29, 1.82) is 0 Å². The Morgan fingerprint density at radius 3 is 2.50 bits per heavy atom. The van der Waals surface area contributed by atoms with E-state index >= 15 is 0 Å². The molecule has 20 heavy (non-hydrogen) atoms. The molecule has 0 aromatic rings. The number of alkyl halides is 1. The monoisotopic (exact) mass is 395 g/mol. The highest BCUT2D eigenvalue weighted by Gasteiger charge is 2.50. The Morgan fingerprint density at radius 2 is 2.05 bits per heavy atom. The van der Waals surface area contributed by atoms with E-state index in [9.17, 15) is 9.59 Å². The Hall–Kier alpha value is -0.530. The summed E-state index contributed by atoms with van der Waals surface area (Å²) in [6.07, 6.45) is 1.90. The molecule has 2 aliphatic rings. The second kappa shape index (κ2) is 5.69. The van der Waals surface area contributed by atoms with Gasteiger partial charge in [0.05, 0.1) is 5.41 Å². The van der Waals surface area contributed by atoms with Gasteiger partial charge in [0.15, 0.2) is 0 Å². The van der Waals surface area contributed by atoms with Gasteiger partial charge in [0.2, 0.25) is 0 Å². The van der Waals surface area contributed by atoms with Crippen molar-refractivity contribution in [2.75, 3.05) is 17.5 Å². The van der Waals surface area contributed by atoms with Gasteiger partial charge in [0, 0.05) is 23.9 Å². The number of esters is 1. The molecule has 114 valence electrons. The van der Waals surface area contributed by atoms with Crippen LogP contribution in [0.3, 0.4) is 0 Å². The van der Waals surface area contributed by atoms with Gasteiger partial charge in [0.25, 0.3) is 0 Å². The van der Waals surface area contributed by atoms with Crippen LogP contribution in [0.4, 0.5) is 4.79 Å². The fourth-order valence-corrected chi connectivity index (χ4v) is 3.27. The Morgan fingerprint density at radius 1 is 1.45 bits per heavy atom. The molecule has 0 aromatic heterocycles. The zero-order valence-corrected chi connectivity index (χ0v) is 14.4. The van der Waals surface area contributed by atoms with E-state index in [0.29, 0.717) is 25.9 Å². The van der Waals surface area contributed by atoms with E-state index in [2.05, 4.69) is 22.6 Å². The topological polar surface area (TPSA) is 55.8 Å². The number of likely N-dealkylation sites (tertiary alicyclic amines) is 1. The third-order valence-corrected chi connectivity index (χ3v) is 4.85. The lowest BCUT2D eigenvalue weighted by atomic mass is 9.76. The third kappa shape index (κ3) is 3.38. The molecular formula is C14H22INO4. The smallest absolute Gasteiger partial charge is 0.410 e. The first-order valence-electron chi connectivity index (χ1n) is 7.01. The molecule has 2 heterocycles. The minimum absolute atomic E-state index is 0.0381. The summed E-state index contributed by atoms with van der Waals surface area (Å²) >= 11 is 2.25. The van der Waals surface area contributed by atoms with Crippen molar-refractivity contribution in [3.63, 3.8) is 0 Å². The molecule has 0 aromatic carbocycles. The summed E-state index contributed by atoms with van der Waals surface area (Å²) in [5.41, 5.74) is -0.848. The molecule has 5 nitrogen and oxygen atoms in total. The number of piperidine rings is 1. The Bertz CT molecular complexity index is 396. The van der Waals surface area contributed by atoms with Gasteiger partial charge >= 0.3 is 12.1 Å². The van der Waals surface area contributed by atoms with Crippen molar-refractivity contribution in [3.05, 3.63) is 0 Å². The van der Waals surface area contributed by atoms with Crippen molar-refractivity contribution < 1.29 is 19.1 Å². The summed E-state index contributed by atoms with van der Waals surface area (Å²) in [5, 5.41) is 0. The van der Waals surface area contributed by atoms with Crippen molar-refractivity contribution in [1.82, 2.24) is 4.90 Å². The Labute approximate surface area is 133 Å². The van der Waals surface area contributed by atoms with E-state index in [0.717, 1.165) is 10.8 Å². The van der Waals surface area contributed by atoms with Crippen LogP contribution in [-0.2, 0) is 14.3 Å². The number of hydrogen-bond acceptors (Lipinski definition) is 4. The third-order valence-electron chi connectivity index (χ3n) is 3.87. The van der Waals surface area contributed by atoms with Gasteiger partial charge in [-0.2, -0.15) is 0 Å². The van der Waals surface area contributed by atoms with Crippen molar-refractivity contribution in [3.8, 4) is 0 Å². The molecule has 2 rings (SSSR count). The lowest BCUT2D eigenvalue weighted by Crippen LogP contribution is -2.46. The fraction of sp³-hybridized carbons (Fsp3) is 0.857. The van der Waals surface area contributed by atoms with E-state index < -0.39 is 5.60 Å². The average molecular weight is 395 g/mol. The number of nitrogens with zero attached hydrogens (tertiary/aromatic N) is 1. The number of hydrogen-bond donors (Lipinski definition) is 0. The average Bonchev–Trinajstić information content (AvgIpc) is 2.65. The summed E-state index contributed by atoms with van der Waals surface area (Å²) in [5.74, 6) is -0.0806.